The van der Waals surface area contributed by atoms with Crippen LogP contribution < -0.4 is 0 Å². The minimum absolute atomic E-state index is 0.106. The normalized spacial score (nSPS) is 13.5. The average Bonchev–Trinajstić information content (AvgIpc) is 2.90. The van der Waals surface area contributed by atoms with Crippen LogP contribution in [0.4, 0.5) is 4.79 Å². The van der Waals surface area contributed by atoms with E-state index in [9.17, 15) is 9.59 Å². The molecule has 23 heavy (non-hydrogen) atoms. The summed E-state index contributed by atoms with van der Waals surface area (Å²) in [4.78, 5) is 28.6. The number of fused-ring (bicyclic) bond motifs is 1. The van der Waals surface area contributed by atoms with Crippen LogP contribution in [0.25, 0.3) is 0 Å². The van der Waals surface area contributed by atoms with Gasteiger partial charge in [0.25, 0.3) is 0 Å². The maximum atomic E-state index is 12.2. The molecule has 1 N–H and O–H groups in total. The summed E-state index contributed by atoms with van der Waals surface area (Å²) in [6.07, 6.45) is -0.492. The molecule has 0 fully saturated rings. The highest BCUT2D eigenvalue weighted by Crippen LogP contribution is 2.23. The van der Waals surface area contributed by atoms with Gasteiger partial charge in [0, 0.05) is 13.1 Å². The second-order valence-electron chi connectivity index (χ2n) is 5.09. The zero-order chi connectivity index (χ0) is 16.4. The SMILES string of the molecule is O=C(O)c1nc(Cl)n2c1CN(C(=O)OCc1ccccc1)CC2. The van der Waals surface area contributed by atoms with Gasteiger partial charge in [0.2, 0.25) is 5.28 Å². The molecule has 120 valence electrons. The number of halogens is 1. The standard InChI is InChI=1S/C15H14ClN3O4/c16-14-17-12(13(20)21)11-8-18(6-7-19(11)14)15(22)23-9-10-4-2-1-3-5-10/h1-5H,6-9H2,(H,20,21). The van der Waals surface area contributed by atoms with Gasteiger partial charge in [0.1, 0.15) is 6.61 Å². The number of imidazole rings is 1. The summed E-state index contributed by atoms with van der Waals surface area (Å²) in [5.41, 5.74) is 1.16. The minimum atomic E-state index is -1.17. The maximum absolute atomic E-state index is 12.2. The zero-order valence-electron chi connectivity index (χ0n) is 12.1. The lowest BCUT2D eigenvalue weighted by Crippen LogP contribution is -2.39. The Bertz CT molecular complexity index is 745. The molecule has 1 amide bonds. The molecule has 2 aromatic rings. The predicted octanol–water partition coefficient (Wildman–Crippen LogP) is 2.39. The molecular formula is C15H14ClN3O4. The molecule has 0 unspecified atom stereocenters. The molecule has 0 saturated carbocycles. The van der Waals surface area contributed by atoms with Gasteiger partial charge in [-0.25, -0.2) is 14.6 Å². The number of carbonyl (C=O) groups is 2. The monoisotopic (exact) mass is 335 g/mol. The Hall–Kier alpha value is -2.54. The van der Waals surface area contributed by atoms with E-state index in [1.54, 1.807) is 4.57 Å². The number of nitrogens with zero attached hydrogens (tertiary/aromatic N) is 3. The molecule has 0 saturated heterocycles. The van der Waals surface area contributed by atoms with Crippen molar-refractivity contribution in [2.24, 2.45) is 0 Å². The number of aromatic nitrogens is 2. The molecule has 0 bridgehead atoms. The number of carboxylic acid groups (broad SMARTS) is 1. The fraction of sp³-hybridized carbons (Fsp3) is 0.267. The van der Waals surface area contributed by atoms with Crippen LogP contribution in [0.5, 0.6) is 0 Å². The number of carboxylic acids is 1. The van der Waals surface area contributed by atoms with Crippen molar-refractivity contribution in [1.82, 2.24) is 14.5 Å². The number of hydrogen-bond acceptors (Lipinski definition) is 4. The molecule has 1 aromatic heterocycles. The maximum Gasteiger partial charge on any atom is 0.410 e. The number of benzene rings is 1. The van der Waals surface area contributed by atoms with Crippen LogP contribution in [0.15, 0.2) is 30.3 Å². The summed E-state index contributed by atoms with van der Waals surface area (Å²) in [7, 11) is 0. The Labute approximate surface area is 137 Å². The van der Waals surface area contributed by atoms with Gasteiger partial charge in [-0.05, 0) is 17.2 Å². The Morgan fingerprint density at radius 3 is 2.70 bits per heavy atom. The lowest BCUT2D eigenvalue weighted by atomic mass is 10.2. The second kappa shape index (κ2) is 6.29. The predicted molar refractivity (Wildman–Crippen MR) is 81.2 cm³/mol. The van der Waals surface area contributed by atoms with E-state index in [-0.39, 0.29) is 24.1 Å². The van der Waals surface area contributed by atoms with E-state index in [2.05, 4.69) is 4.98 Å². The number of rotatable bonds is 3. The lowest BCUT2D eigenvalue weighted by Gasteiger charge is -2.28. The van der Waals surface area contributed by atoms with Crippen LogP contribution in [0.3, 0.4) is 0 Å². The van der Waals surface area contributed by atoms with Crippen molar-refractivity contribution in [2.45, 2.75) is 19.7 Å². The molecule has 3 rings (SSSR count). The third kappa shape index (κ3) is 3.14. The molecule has 0 radical (unpaired) electrons. The summed E-state index contributed by atoms with van der Waals surface area (Å²) >= 11 is 5.93. The van der Waals surface area contributed by atoms with Crippen LogP contribution in [0.2, 0.25) is 5.28 Å². The van der Waals surface area contributed by atoms with E-state index in [1.807, 2.05) is 30.3 Å². The third-order valence-corrected chi connectivity index (χ3v) is 3.91. The highest BCUT2D eigenvalue weighted by atomic mass is 35.5. The molecule has 0 aliphatic carbocycles. The van der Waals surface area contributed by atoms with Crippen molar-refractivity contribution in [3.63, 3.8) is 0 Å². The smallest absolute Gasteiger partial charge is 0.410 e. The molecule has 2 heterocycles. The molecule has 1 aliphatic heterocycles. The van der Waals surface area contributed by atoms with Gasteiger partial charge in [0.05, 0.1) is 12.2 Å². The van der Waals surface area contributed by atoms with Crippen molar-refractivity contribution >= 4 is 23.7 Å². The first kappa shape index (κ1) is 15.4. The van der Waals surface area contributed by atoms with Gasteiger partial charge in [0.15, 0.2) is 5.69 Å². The topological polar surface area (TPSA) is 84.7 Å². The van der Waals surface area contributed by atoms with Gasteiger partial charge in [-0.15, -0.1) is 0 Å². The number of hydrogen-bond donors (Lipinski definition) is 1. The molecule has 8 heteroatoms. The zero-order valence-corrected chi connectivity index (χ0v) is 12.9. The number of amides is 1. The van der Waals surface area contributed by atoms with Gasteiger partial charge in [-0.1, -0.05) is 30.3 Å². The van der Waals surface area contributed by atoms with Gasteiger partial charge < -0.3 is 19.3 Å². The Balaban J connectivity index is 1.69. The van der Waals surface area contributed by atoms with E-state index in [4.69, 9.17) is 21.4 Å². The summed E-state index contributed by atoms with van der Waals surface area (Å²) in [5.74, 6) is -1.17. The van der Waals surface area contributed by atoms with Crippen LogP contribution in [0, 0.1) is 0 Å². The highest BCUT2D eigenvalue weighted by molar-refractivity contribution is 6.28. The quantitative estimate of drug-likeness (QED) is 0.931. The molecule has 7 nitrogen and oxygen atoms in total. The fourth-order valence-electron chi connectivity index (χ4n) is 2.46. The summed E-state index contributed by atoms with van der Waals surface area (Å²) in [6, 6.07) is 9.34. The van der Waals surface area contributed by atoms with Gasteiger partial charge in [-0.2, -0.15) is 0 Å². The molecule has 1 aliphatic rings. The first-order chi connectivity index (χ1) is 11.1. The summed E-state index contributed by atoms with van der Waals surface area (Å²) in [5, 5.41) is 9.28. The van der Waals surface area contributed by atoms with Crippen molar-refractivity contribution in [3.8, 4) is 0 Å². The van der Waals surface area contributed by atoms with E-state index in [0.29, 0.717) is 18.8 Å². The minimum Gasteiger partial charge on any atom is -0.476 e. The molecule has 0 atom stereocenters. The van der Waals surface area contributed by atoms with Crippen molar-refractivity contribution in [3.05, 3.63) is 52.6 Å². The first-order valence-corrected chi connectivity index (χ1v) is 7.38. The molecular weight excluding hydrogens is 322 g/mol. The van der Waals surface area contributed by atoms with E-state index >= 15 is 0 Å². The van der Waals surface area contributed by atoms with Crippen LogP contribution in [0.1, 0.15) is 21.7 Å². The van der Waals surface area contributed by atoms with Crippen LogP contribution >= 0.6 is 11.6 Å². The van der Waals surface area contributed by atoms with Gasteiger partial charge >= 0.3 is 12.1 Å². The first-order valence-electron chi connectivity index (χ1n) is 7.00. The largest absolute Gasteiger partial charge is 0.476 e. The second-order valence-corrected chi connectivity index (χ2v) is 5.43. The number of carbonyl (C=O) groups excluding carboxylic acids is 1. The van der Waals surface area contributed by atoms with Crippen LogP contribution in [-0.2, 0) is 24.4 Å². The molecule has 1 aromatic carbocycles. The number of ether oxygens (including phenoxy) is 1. The van der Waals surface area contributed by atoms with E-state index in [1.165, 1.54) is 4.90 Å². The van der Waals surface area contributed by atoms with E-state index in [0.717, 1.165) is 5.56 Å². The van der Waals surface area contributed by atoms with Crippen molar-refractivity contribution in [2.75, 3.05) is 6.54 Å². The summed E-state index contributed by atoms with van der Waals surface area (Å²) < 4.78 is 6.87. The van der Waals surface area contributed by atoms with Crippen molar-refractivity contribution < 1.29 is 19.4 Å². The lowest BCUT2D eigenvalue weighted by molar-refractivity contribution is 0.0679. The average molecular weight is 336 g/mol. The van der Waals surface area contributed by atoms with Crippen molar-refractivity contribution in [1.29, 1.82) is 0 Å². The van der Waals surface area contributed by atoms with E-state index < -0.39 is 12.1 Å². The Morgan fingerprint density at radius 1 is 1.26 bits per heavy atom. The Morgan fingerprint density at radius 2 is 2.00 bits per heavy atom. The van der Waals surface area contributed by atoms with Crippen LogP contribution in [-0.4, -0.2) is 38.2 Å². The highest BCUT2D eigenvalue weighted by Gasteiger charge is 2.29. The number of aromatic carboxylic acids is 1. The fourth-order valence-corrected chi connectivity index (χ4v) is 2.73. The summed E-state index contributed by atoms with van der Waals surface area (Å²) in [6.45, 7) is 1.04. The third-order valence-electron chi connectivity index (χ3n) is 3.63. The Kier molecular flexibility index (Phi) is 4.20. The van der Waals surface area contributed by atoms with Gasteiger partial charge in [-0.3, -0.25) is 0 Å². The molecule has 0 spiro atoms.